The summed E-state index contributed by atoms with van der Waals surface area (Å²) in [7, 11) is 0. The Morgan fingerprint density at radius 1 is 0.670 bits per heavy atom. The zero-order valence-electron chi connectivity index (χ0n) is 48.2. The molecule has 12 rings (SSSR count). The summed E-state index contributed by atoms with van der Waals surface area (Å²) in [6, 6.07) is 21.7. The van der Waals surface area contributed by atoms with E-state index in [-0.39, 0.29) is 110 Å². The van der Waals surface area contributed by atoms with Crippen molar-refractivity contribution in [1.82, 2.24) is 48.7 Å². The van der Waals surface area contributed by atoms with Gasteiger partial charge in [0.05, 0.1) is 54.1 Å². The number of nitrogens with zero attached hydrogens (tertiary/aromatic N) is 9. The molecule has 6 aromatic heterocycles. The highest BCUT2D eigenvalue weighted by molar-refractivity contribution is 7.59. The number of carboxylic acid groups (broad SMARTS) is 1. The number of carbonyl (C=O) groups is 6. The second-order valence-corrected chi connectivity index (χ2v) is 22.3. The Kier molecular flexibility index (Phi) is 24.1. The van der Waals surface area contributed by atoms with Crippen LogP contribution in [-0.4, -0.2) is 121 Å². The van der Waals surface area contributed by atoms with Gasteiger partial charge in [-0.25, -0.2) is 13.8 Å². The van der Waals surface area contributed by atoms with Crippen LogP contribution in [0.4, 0.5) is 8.78 Å². The molecule has 4 aliphatic heterocycles. The molecule has 10 heterocycles. The molecule has 470 valence electrons. The molecule has 2 aromatic carbocycles. The lowest BCUT2D eigenvalue weighted by atomic mass is 10.0. The molecule has 4 aliphatic rings. The number of aryl methyl sites for hydroxylation is 4. The number of nitrogens with one attached hydrogen (secondary N) is 1. The summed E-state index contributed by atoms with van der Waals surface area (Å²) in [6.07, 6.45) is 12.8. The molecule has 0 spiro atoms. The van der Waals surface area contributed by atoms with E-state index in [9.17, 15) is 37.5 Å². The lowest BCUT2D eigenvalue weighted by Crippen LogP contribution is -2.46. The number of amides is 3. The fraction of sp³-hybridized carbons (Fsp3) is 0.415. The molecule has 0 saturated carbocycles. The summed E-state index contributed by atoms with van der Waals surface area (Å²) in [6.45, 7) is 6.01. The van der Waals surface area contributed by atoms with E-state index < -0.39 is 36.2 Å². The fourth-order valence-corrected chi connectivity index (χ4v) is 12.1. The van der Waals surface area contributed by atoms with Crippen LogP contribution in [0, 0.1) is 13.8 Å². The predicted molar refractivity (Wildman–Crippen MR) is 343 cm³/mol. The molecule has 23 heteroatoms. The maximum absolute atomic E-state index is 14.5. The minimum atomic E-state index is -1.07. The van der Waals surface area contributed by atoms with Gasteiger partial charge in [-0.2, -0.15) is 18.6 Å². The fourth-order valence-electron chi connectivity index (χ4n) is 12.1. The molecular weight excluding hydrogens is 1170 g/mol. The average Bonchev–Trinajstić information content (AvgIpc) is 3.87. The number of carbonyl (C=O) groups excluding carboxylic acids is 5. The van der Waals surface area contributed by atoms with E-state index in [4.69, 9.17) is 16.6 Å². The van der Waals surface area contributed by atoms with Crippen LogP contribution in [0.15, 0.2) is 97.6 Å². The first kappa shape index (κ1) is 69.0. The Morgan fingerprint density at radius 3 is 1.91 bits per heavy atom. The van der Waals surface area contributed by atoms with Gasteiger partial charge in [0.25, 0.3) is 11.8 Å². The van der Waals surface area contributed by atoms with Gasteiger partial charge in [0.2, 0.25) is 5.91 Å². The second-order valence-electron chi connectivity index (χ2n) is 22.3. The number of pyridine rings is 2. The first-order valence-corrected chi connectivity index (χ1v) is 28.9. The van der Waals surface area contributed by atoms with Crippen molar-refractivity contribution in [1.29, 1.82) is 0 Å². The zero-order chi connectivity index (χ0) is 59.2. The SMILES string of the molecule is C.C.Cc1cccc(CC(=O)[C@@H]2CCC(F)CCN2)n1.Cc1cccc(CC(=O)[C@@H]2CCC(F)CCN2C(=O)Cn2cc(C(N)=O)c3cc(-c4cnc5n4CCCC5)ccc32)n1.Cl.NC(=O)c1cn(CC(=O)O)c2ccc(-c3cnn4c3CCC4)cc12.S. The van der Waals surface area contributed by atoms with Gasteiger partial charge in [-0.3, -0.25) is 43.4 Å². The Balaban J connectivity index is 0.000000228. The minimum Gasteiger partial charge on any atom is -0.480 e. The molecule has 2 fully saturated rings. The molecule has 6 N–H and O–H groups in total. The van der Waals surface area contributed by atoms with Gasteiger partial charge in [-0.05, 0) is 139 Å². The molecule has 2 unspecified atom stereocenters. The number of fused-ring (bicyclic) bond motifs is 4. The summed E-state index contributed by atoms with van der Waals surface area (Å²) in [5.41, 5.74) is 21.5. The third kappa shape index (κ3) is 16.0. The average molecular weight is 1250 g/mol. The second kappa shape index (κ2) is 30.7. The number of hydrogen-bond donors (Lipinski definition) is 4. The molecule has 2 saturated heterocycles. The van der Waals surface area contributed by atoms with E-state index in [1.807, 2.05) is 97.7 Å². The summed E-state index contributed by atoms with van der Waals surface area (Å²) in [5.74, 6) is -1.41. The van der Waals surface area contributed by atoms with Crippen molar-refractivity contribution in [2.75, 3.05) is 13.1 Å². The van der Waals surface area contributed by atoms with Crippen molar-refractivity contribution in [2.45, 2.75) is 163 Å². The topological polar surface area (TPSA) is 261 Å². The number of likely N-dealkylation sites (tertiary alicyclic amines) is 1. The smallest absolute Gasteiger partial charge is 0.323 e. The van der Waals surface area contributed by atoms with E-state index >= 15 is 0 Å². The van der Waals surface area contributed by atoms with Gasteiger partial charge in [0.15, 0.2) is 11.6 Å². The van der Waals surface area contributed by atoms with Crippen molar-refractivity contribution in [3.05, 3.63) is 143 Å². The number of aromatic nitrogens is 8. The standard InChI is InChI=1S/C32H35FN6O3.C17H16N4O3.C14H19FN2O.2CH4.ClH.H2S/c1-20-5-4-6-23(36-20)16-29(40)27-11-9-22(33)12-14-39(27)31(41)19-37-18-25(32(34)42)24-15-21(8-10-26(24)37)28-17-35-30-7-2-3-13-38(28)30;18-17(24)13-8-20(9-16(22)23)14-4-3-10(6-11(13)14)12-7-19-21-5-1-2-15(12)21;1-10-3-2-4-12(17-10)9-14(18)13-6-5-11(15)7-8-16-13;;;;/h4-6,8,10,15,17-18,22,27H,2-3,7,9,11-14,16,19H2,1H3,(H2,34,42);3-4,6-8H,1-2,5,9H2,(H2,18,24)(H,22,23);2-4,11,13,16H,5-9H2,1H3;2*1H4;1H;1H2/t22?,27-;;11?,13-;;;;/m0.0..../s1. The third-order valence-electron chi connectivity index (χ3n) is 16.3. The van der Waals surface area contributed by atoms with E-state index in [2.05, 4.69) is 29.9 Å². The Hall–Kier alpha value is -8.08. The van der Waals surface area contributed by atoms with Crippen LogP contribution in [0.3, 0.4) is 0 Å². The number of halogens is 3. The number of rotatable bonds is 14. The Labute approximate surface area is 524 Å². The van der Waals surface area contributed by atoms with Crippen LogP contribution in [0.2, 0.25) is 0 Å². The number of nitrogens with two attached hydrogens (primary N) is 2. The normalized spacial score (nSPS) is 17.7. The number of imidazole rings is 1. The molecule has 0 radical (unpaired) electrons. The maximum Gasteiger partial charge on any atom is 0.323 e. The number of carboxylic acids is 1. The first-order chi connectivity index (χ1) is 40.5. The van der Waals surface area contributed by atoms with Crippen molar-refractivity contribution in [2.24, 2.45) is 11.5 Å². The number of hydrogen-bond acceptors (Lipinski definition) is 11. The van der Waals surface area contributed by atoms with Crippen molar-refractivity contribution in [3.63, 3.8) is 0 Å². The van der Waals surface area contributed by atoms with Crippen LogP contribution in [0.5, 0.6) is 0 Å². The molecular formula is C65H81ClF2N12O7S. The molecule has 4 atom stereocenters. The number of benzene rings is 2. The van der Waals surface area contributed by atoms with Crippen LogP contribution in [0.25, 0.3) is 44.2 Å². The zero-order valence-corrected chi connectivity index (χ0v) is 50.0. The van der Waals surface area contributed by atoms with Gasteiger partial charge in [0, 0.05) is 99.9 Å². The van der Waals surface area contributed by atoms with E-state index in [1.165, 1.54) is 21.4 Å². The highest BCUT2D eigenvalue weighted by Crippen LogP contribution is 2.34. The monoisotopic (exact) mass is 1250 g/mol. The van der Waals surface area contributed by atoms with Crippen LogP contribution >= 0.6 is 25.9 Å². The van der Waals surface area contributed by atoms with Gasteiger partial charge in [0.1, 0.15) is 31.3 Å². The van der Waals surface area contributed by atoms with E-state index in [0.29, 0.717) is 70.9 Å². The van der Waals surface area contributed by atoms with Gasteiger partial charge >= 0.3 is 5.97 Å². The van der Waals surface area contributed by atoms with Gasteiger partial charge in [-0.1, -0.05) is 39.1 Å². The summed E-state index contributed by atoms with van der Waals surface area (Å²) in [5, 5.41) is 17.9. The highest BCUT2D eigenvalue weighted by Gasteiger charge is 2.34. The highest BCUT2D eigenvalue weighted by atomic mass is 35.5. The number of alkyl halides is 2. The van der Waals surface area contributed by atoms with Crippen LogP contribution < -0.4 is 16.8 Å². The lowest BCUT2D eigenvalue weighted by molar-refractivity contribution is -0.139. The number of aliphatic carboxylic acids is 1. The number of Topliss-reactive ketones (excluding diaryl/α,β-unsaturated/α-hetero) is 2. The number of ketones is 2. The van der Waals surface area contributed by atoms with Crippen molar-refractivity contribution < 1.29 is 42.7 Å². The lowest BCUT2D eigenvalue weighted by Gasteiger charge is -2.29. The Bertz CT molecular complexity index is 3800. The molecule has 3 amide bonds. The third-order valence-corrected chi connectivity index (χ3v) is 16.3. The predicted octanol–water partition coefficient (Wildman–Crippen LogP) is 9.60. The van der Waals surface area contributed by atoms with Gasteiger partial charge in [-0.15, -0.1) is 12.4 Å². The van der Waals surface area contributed by atoms with Gasteiger partial charge < -0.3 is 40.5 Å². The van der Waals surface area contributed by atoms with Crippen molar-refractivity contribution in [3.8, 4) is 22.4 Å². The molecule has 88 heavy (non-hydrogen) atoms. The quantitative estimate of drug-likeness (QED) is 0.0793. The van der Waals surface area contributed by atoms with Crippen LogP contribution in [-0.2, 0) is 71.0 Å². The summed E-state index contributed by atoms with van der Waals surface area (Å²) >= 11 is 0. The van der Waals surface area contributed by atoms with Crippen molar-refractivity contribution >= 4 is 83.0 Å². The molecule has 0 aliphatic carbocycles. The van der Waals surface area contributed by atoms with E-state index in [1.54, 1.807) is 16.8 Å². The minimum absolute atomic E-state index is 0. The largest absolute Gasteiger partial charge is 0.480 e. The number of primary amides is 2. The Morgan fingerprint density at radius 2 is 1.27 bits per heavy atom. The molecule has 8 aromatic rings. The molecule has 0 bridgehead atoms. The first-order valence-electron chi connectivity index (χ1n) is 28.9. The van der Waals surface area contributed by atoms with Crippen LogP contribution in [0.1, 0.15) is 128 Å². The van der Waals surface area contributed by atoms with E-state index in [0.717, 1.165) is 90.5 Å². The summed E-state index contributed by atoms with van der Waals surface area (Å²) < 4.78 is 35.1. The molecule has 19 nitrogen and oxygen atoms in total. The maximum atomic E-state index is 14.5. The summed E-state index contributed by atoms with van der Waals surface area (Å²) in [4.78, 5) is 89.4.